The van der Waals surface area contributed by atoms with Crippen LogP contribution in [0.3, 0.4) is 0 Å². The van der Waals surface area contributed by atoms with Crippen molar-refractivity contribution in [3.63, 3.8) is 0 Å². The van der Waals surface area contributed by atoms with E-state index in [1.54, 1.807) is 36.4 Å². The molecule has 0 unspecified atom stereocenters. The van der Waals surface area contributed by atoms with Crippen molar-refractivity contribution in [3.8, 4) is 5.75 Å². The topological polar surface area (TPSA) is 9.23 Å². The quantitative estimate of drug-likeness (QED) is 0.565. The van der Waals surface area contributed by atoms with E-state index < -0.39 is 11.6 Å². The van der Waals surface area contributed by atoms with Crippen LogP contribution in [0.15, 0.2) is 46.9 Å². The van der Waals surface area contributed by atoms with E-state index in [-0.39, 0.29) is 25.3 Å². The van der Waals surface area contributed by atoms with E-state index in [0.29, 0.717) is 17.7 Å². The summed E-state index contributed by atoms with van der Waals surface area (Å²) in [6.45, 7) is -0.351. The van der Waals surface area contributed by atoms with Crippen LogP contribution < -0.4 is 4.74 Å². The molecule has 0 N–H and O–H groups in total. The van der Waals surface area contributed by atoms with Gasteiger partial charge in [0, 0.05) is 10.9 Å². The number of benzene rings is 2. The van der Waals surface area contributed by atoms with Gasteiger partial charge in [-0.15, -0.1) is 0 Å². The van der Waals surface area contributed by atoms with Crippen LogP contribution >= 0.6 is 15.9 Å². The van der Waals surface area contributed by atoms with E-state index in [1.807, 2.05) is 0 Å². The predicted octanol–water partition coefficient (Wildman–Crippen LogP) is 5.90. The molecule has 0 aromatic heterocycles. The van der Waals surface area contributed by atoms with Crippen molar-refractivity contribution in [3.05, 3.63) is 63.9 Å². The number of hydrogen-bond acceptors (Lipinski definition) is 1. The second-order valence-electron chi connectivity index (χ2n) is 6.12. The van der Waals surface area contributed by atoms with E-state index >= 15 is 0 Å². The summed E-state index contributed by atoms with van der Waals surface area (Å²) in [4.78, 5) is 0. The zero-order chi connectivity index (χ0) is 17.4. The Morgan fingerprint density at radius 1 is 1.04 bits per heavy atom. The van der Waals surface area contributed by atoms with Crippen molar-refractivity contribution >= 4 is 15.9 Å². The molecule has 1 aliphatic rings. The van der Waals surface area contributed by atoms with E-state index in [9.17, 15) is 17.6 Å². The van der Waals surface area contributed by atoms with Crippen LogP contribution in [0.4, 0.5) is 17.6 Å². The minimum atomic E-state index is -4.22. The maximum absolute atomic E-state index is 13.8. The SMILES string of the molecule is Fc1ccc(Br)cc1Cc1ccc(OCC2(C(F)(F)F)CC2)cc1. The monoisotopic (exact) mass is 402 g/mol. The molecular weight excluding hydrogens is 388 g/mol. The number of ether oxygens (including phenoxy) is 1. The van der Waals surface area contributed by atoms with E-state index in [2.05, 4.69) is 15.9 Å². The van der Waals surface area contributed by atoms with Crippen molar-refractivity contribution in [1.29, 1.82) is 0 Å². The van der Waals surface area contributed by atoms with Crippen molar-refractivity contribution in [2.75, 3.05) is 6.61 Å². The highest BCUT2D eigenvalue weighted by atomic mass is 79.9. The fourth-order valence-electron chi connectivity index (χ4n) is 2.48. The first-order valence-corrected chi connectivity index (χ1v) is 8.31. The van der Waals surface area contributed by atoms with Gasteiger partial charge in [-0.2, -0.15) is 13.2 Å². The van der Waals surface area contributed by atoms with Gasteiger partial charge in [0.2, 0.25) is 0 Å². The molecule has 0 spiro atoms. The molecule has 0 atom stereocenters. The van der Waals surface area contributed by atoms with Gasteiger partial charge in [-0.05, 0) is 54.3 Å². The van der Waals surface area contributed by atoms with E-state index in [1.165, 1.54) is 6.07 Å². The summed E-state index contributed by atoms with van der Waals surface area (Å²) >= 11 is 3.30. The maximum Gasteiger partial charge on any atom is 0.397 e. The molecule has 0 bridgehead atoms. The summed E-state index contributed by atoms with van der Waals surface area (Å²) in [5.74, 6) is 0.100. The molecule has 1 nitrogen and oxygen atoms in total. The Bertz CT molecular complexity index is 721. The average molecular weight is 403 g/mol. The normalized spacial score (nSPS) is 16.0. The fourth-order valence-corrected chi connectivity index (χ4v) is 2.89. The van der Waals surface area contributed by atoms with Crippen LogP contribution in [0, 0.1) is 11.2 Å². The predicted molar refractivity (Wildman–Crippen MR) is 86.6 cm³/mol. The van der Waals surface area contributed by atoms with Gasteiger partial charge in [0.05, 0.1) is 0 Å². The molecule has 6 heteroatoms. The van der Waals surface area contributed by atoms with Crippen molar-refractivity contribution in [2.45, 2.75) is 25.4 Å². The van der Waals surface area contributed by atoms with Crippen LogP contribution in [0.25, 0.3) is 0 Å². The average Bonchev–Trinajstić information content (AvgIpc) is 3.31. The standard InChI is InChI=1S/C18H15BrF4O/c19-14-3-6-16(20)13(10-14)9-12-1-4-15(5-2-12)24-11-17(7-8-17)18(21,22)23/h1-6,10H,7-9,11H2. The lowest BCUT2D eigenvalue weighted by atomic mass is 10.0. The summed E-state index contributed by atoms with van der Waals surface area (Å²) in [5, 5.41) is 0. The third kappa shape index (κ3) is 3.74. The summed E-state index contributed by atoms with van der Waals surface area (Å²) in [5.41, 5.74) is -0.270. The maximum atomic E-state index is 13.8. The Kier molecular flexibility index (Phi) is 4.60. The molecule has 0 heterocycles. The number of alkyl halides is 3. The van der Waals surface area contributed by atoms with Gasteiger partial charge in [0.1, 0.15) is 23.6 Å². The van der Waals surface area contributed by atoms with E-state index in [0.717, 1.165) is 10.0 Å². The van der Waals surface area contributed by atoms with Crippen molar-refractivity contribution in [2.24, 2.45) is 5.41 Å². The fraction of sp³-hybridized carbons (Fsp3) is 0.333. The van der Waals surface area contributed by atoms with Gasteiger partial charge in [-0.25, -0.2) is 4.39 Å². The molecule has 1 fully saturated rings. The molecule has 128 valence electrons. The Hall–Kier alpha value is -1.56. The lowest BCUT2D eigenvalue weighted by Crippen LogP contribution is -2.30. The highest BCUT2D eigenvalue weighted by molar-refractivity contribution is 9.10. The van der Waals surface area contributed by atoms with E-state index in [4.69, 9.17) is 4.74 Å². The van der Waals surface area contributed by atoms with Crippen molar-refractivity contribution in [1.82, 2.24) is 0 Å². The Morgan fingerprint density at radius 2 is 1.71 bits per heavy atom. The van der Waals surface area contributed by atoms with Crippen LogP contribution in [0.2, 0.25) is 0 Å². The van der Waals surface area contributed by atoms with Gasteiger partial charge >= 0.3 is 6.18 Å². The highest BCUT2D eigenvalue weighted by Gasteiger charge is 2.63. The zero-order valence-electron chi connectivity index (χ0n) is 12.7. The molecule has 1 aliphatic carbocycles. The Balaban J connectivity index is 1.63. The Labute approximate surface area is 145 Å². The molecular formula is C18H15BrF4O. The molecule has 0 aliphatic heterocycles. The molecule has 3 rings (SSSR count). The summed E-state index contributed by atoms with van der Waals surface area (Å²) < 4.78 is 58.4. The molecule has 0 radical (unpaired) electrons. The number of halogens is 5. The molecule has 2 aromatic rings. The molecule has 1 saturated carbocycles. The van der Waals surface area contributed by atoms with Gasteiger partial charge in [-0.1, -0.05) is 28.1 Å². The molecule has 24 heavy (non-hydrogen) atoms. The first kappa shape index (κ1) is 17.3. The number of hydrogen-bond donors (Lipinski definition) is 0. The first-order valence-electron chi connectivity index (χ1n) is 7.51. The highest BCUT2D eigenvalue weighted by Crippen LogP contribution is 2.57. The third-order valence-corrected chi connectivity index (χ3v) is 4.79. The molecule has 0 saturated heterocycles. The van der Waals surface area contributed by atoms with Crippen LogP contribution in [0.1, 0.15) is 24.0 Å². The second-order valence-corrected chi connectivity index (χ2v) is 7.04. The lowest BCUT2D eigenvalue weighted by Gasteiger charge is -2.19. The van der Waals surface area contributed by atoms with Gasteiger partial charge in [-0.3, -0.25) is 0 Å². The number of rotatable bonds is 5. The third-order valence-electron chi connectivity index (χ3n) is 4.30. The summed E-state index contributed by atoms with van der Waals surface area (Å²) in [6.07, 6.45) is -3.57. The largest absolute Gasteiger partial charge is 0.493 e. The summed E-state index contributed by atoms with van der Waals surface area (Å²) in [7, 11) is 0. The van der Waals surface area contributed by atoms with Gasteiger partial charge in [0.25, 0.3) is 0 Å². The minimum absolute atomic E-state index is 0.122. The zero-order valence-corrected chi connectivity index (χ0v) is 14.3. The molecule has 2 aromatic carbocycles. The van der Waals surface area contributed by atoms with Crippen molar-refractivity contribution < 1.29 is 22.3 Å². The molecule has 0 amide bonds. The first-order chi connectivity index (χ1) is 11.3. The Morgan fingerprint density at radius 3 is 2.29 bits per heavy atom. The van der Waals surface area contributed by atoms with Gasteiger partial charge in [0.15, 0.2) is 0 Å². The smallest absolute Gasteiger partial charge is 0.397 e. The van der Waals surface area contributed by atoms with Crippen LogP contribution in [0.5, 0.6) is 5.75 Å². The minimum Gasteiger partial charge on any atom is -0.493 e. The van der Waals surface area contributed by atoms with Crippen LogP contribution in [-0.4, -0.2) is 12.8 Å². The summed E-state index contributed by atoms with van der Waals surface area (Å²) in [6, 6.07) is 11.5. The van der Waals surface area contributed by atoms with Crippen LogP contribution in [-0.2, 0) is 6.42 Å². The lowest BCUT2D eigenvalue weighted by molar-refractivity contribution is -0.194. The van der Waals surface area contributed by atoms with Gasteiger partial charge < -0.3 is 4.74 Å². The second kappa shape index (κ2) is 6.39.